The van der Waals surface area contributed by atoms with E-state index in [9.17, 15) is 9.18 Å². The second-order valence-electron chi connectivity index (χ2n) is 8.84. The van der Waals surface area contributed by atoms with Crippen LogP contribution >= 0.6 is 0 Å². The van der Waals surface area contributed by atoms with Crippen molar-refractivity contribution in [1.29, 1.82) is 0 Å². The molecule has 0 unspecified atom stereocenters. The zero-order valence-corrected chi connectivity index (χ0v) is 19.7. The summed E-state index contributed by atoms with van der Waals surface area (Å²) in [6, 6.07) is 14.3. The molecule has 0 atom stereocenters. The molecule has 0 saturated heterocycles. The van der Waals surface area contributed by atoms with Gasteiger partial charge in [-0.2, -0.15) is 5.10 Å². The van der Waals surface area contributed by atoms with E-state index in [0.29, 0.717) is 33.9 Å². The van der Waals surface area contributed by atoms with Crippen molar-refractivity contribution >= 4 is 16.9 Å². The number of fused-ring (bicyclic) bond motifs is 1. The van der Waals surface area contributed by atoms with Gasteiger partial charge in [-0.05, 0) is 35.7 Å². The van der Waals surface area contributed by atoms with Gasteiger partial charge in [0.1, 0.15) is 17.8 Å². The van der Waals surface area contributed by atoms with Crippen molar-refractivity contribution in [2.24, 2.45) is 7.05 Å². The standard InChI is InChI=1S/C27H25FN6O/c1-16(2)17-4-6-18(7-5-17)27(35)29-12-20-9-8-19(10-23(20)28)25-22-11-24(21-13-32-34(3)14-21)33-26(22)31-15-30-25/h4-11,13-16H,12H2,1-3H3,(H,29,35)(H,30,31,33). The highest BCUT2D eigenvalue weighted by Crippen LogP contribution is 2.30. The van der Waals surface area contributed by atoms with Crippen LogP contribution in [0.2, 0.25) is 0 Å². The number of H-pyrrole nitrogens is 1. The number of benzene rings is 2. The van der Waals surface area contributed by atoms with Crippen LogP contribution in [0, 0.1) is 5.82 Å². The second-order valence-corrected chi connectivity index (χ2v) is 8.84. The average molecular weight is 469 g/mol. The third-order valence-electron chi connectivity index (χ3n) is 6.05. The number of carbonyl (C=O) groups excluding carboxylic acids is 1. The Morgan fingerprint density at radius 1 is 1.09 bits per heavy atom. The van der Waals surface area contributed by atoms with E-state index in [1.54, 1.807) is 35.1 Å². The van der Waals surface area contributed by atoms with Gasteiger partial charge in [0, 0.05) is 47.4 Å². The Hall–Kier alpha value is -4.33. The van der Waals surface area contributed by atoms with Gasteiger partial charge in [-0.1, -0.05) is 38.1 Å². The number of hydrogen-bond donors (Lipinski definition) is 2. The van der Waals surface area contributed by atoms with Gasteiger partial charge in [0.05, 0.1) is 17.6 Å². The summed E-state index contributed by atoms with van der Waals surface area (Å²) >= 11 is 0. The summed E-state index contributed by atoms with van der Waals surface area (Å²) in [6.07, 6.45) is 5.12. The SMILES string of the molecule is CC(C)c1ccc(C(=O)NCc2ccc(-c3ncnc4[nH]c(-c5cnn(C)c5)cc34)cc2F)cc1. The van der Waals surface area contributed by atoms with Crippen LogP contribution in [0.1, 0.15) is 41.3 Å². The van der Waals surface area contributed by atoms with E-state index in [2.05, 4.69) is 39.2 Å². The van der Waals surface area contributed by atoms with Crippen LogP contribution in [0.15, 0.2) is 67.3 Å². The van der Waals surface area contributed by atoms with Gasteiger partial charge in [-0.25, -0.2) is 14.4 Å². The fourth-order valence-corrected chi connectivity index (χ4v) is 4.02. The van der Waals surface area contributed by atoms with Gasteiger partial charge >= 0.3 is 0 Å². The largest absolute Gasteiger partial charge is 0.348 e. The Labute approximate surface area is 202 Å². The maximum Gasteiger partial charge on any atom is 0.251 e. The van der Waals surface area contributed by atoms with Gasteiger partial charge in [0.25, 0.3) is 5.91 Å². The molecule has 0 aliphatic carbocycles. The molecule has 0 aliphatic rings. The van der Waals surface area contributed by atoms with Gasteiger partial charge in [-0.15, -0.1) is 0 Å². The molecule has 0 saturated carbocycles. The first-order valence-electron chi connectivity index (χ1n) is 11.4. The fourth-order valence-electron chi connectivity index (χ4n) is 4.02. The number of nitrogens with zero attached hydrogens (tertiary/aromatic N) is 4. The molecule has 2 N–H and O–H groups in total. The fraction of sp³-hybridized carbons (Fsp3) is 0.185. The summed E-state index contributed by atoms with van der Waals surface area (Å²) < 4.78 is 16.7. The summed E-state index contributed by atoms with van der Waals surface area (Å²) in [4.78, 5) is 24.5. The molecule has 3 heterocycles. The highest BCUT2D eigenvalue weighted by atomic mass is 19.1. The first kappa shape index (κ1) is 22.5. The number of aryl methyl sites for hydroxylation is 1. The molecular weight excluding hydrogens is 443 g/mol. The molecule has 35 heavy (non-hydrogen) atoms. The minimum absolute atomic E-state index is 0.0887. The van der Waals surface area contributed by atoms with E-state index in [1.165, 1.54) is 12.4 Å². The van der Waals surface area contributed by atoms with Crippen molar-refractivity contribution < 1.29 is 9.18 Å². The summed E-state index contributed by atoms with van der Waals surface area (Å²) in [7, 11) is 1.85. The van der Waals surface area contributed by atoms with Crippen LogP contribution in [0.3, 0.4) is 0 Å². The predicted molar refractivity (Wildman–Crippen MR) is 133 cm³/mol. The van der Waals surface area contributed by atoms with Crippen LogP contribution in [-0.4, -0.2) is 30.6 Å². The van der Waals surface area contributed by atoms with E-state index in [4.69, 9.17) is 0 Å². The predicted octanol–water partition coefficient (Wildman–Crippen LogP) is 5.22. The highest BCUT2D eigenvalue weighted by Gasteiger charge is 2.14. The van der Waals surface area contributed by atoms with Crippen molar-refractivity contribution in [3.05, 3.63) is 89.8 Å². The van der Waals surface area contributed by atoms with Gasteiger partial charge in [0.15, 0.2) is 0 Å². The summed E-state index contributed by atoms with van der Waals surface area (Å²) in [6.45, 7) is 4.29. The Kier molecular flexibility index (Phi) is 5.86. The van der Waals surface area contributed by atoms with E-state index in [1.807, 2.05) is 31.4 Å². The van der Waals surface area contributed by atoms with Crippen molar-refractivity contribution in [3.8, 4) is 22.5 Å². The molecule has 3 aromatic heterocycles. The Bertz CT molecular complexity index is 1520. The Morgan fingerprint density at radius 3 is 2.57 bits per heavy atom. The zero-order valence-electron chi connectivity index (χ0n) is 19.7. The number of hydrogen-bond acceptors (Lipinski definition) is 4. The maximum atomic E-state index is 15.0. The summed E-state index contributed by atoms with van der Waals surface area (Å²) in [5.74, 6) is -0.256. The smallest absolute Gasteiger partial charge is 0.251 e. The van der Waals surface area contributed by atoms with Crippen LogP contribution in [0.4, 0.5) is 4.39 Å². The number of halogens is 1. The molecule has 0 radical (unpaired) electrons. The molecule has 176 valence electrons. The van der Waals surface area contributed by atoms with Crippen molar-refractivity contribution in [2.75, 3.05) is 0 Å². The van der Waals surface area contributed by atoms with E-state index in [-0.39, 0.29) is 12.5 Å². The molecular formula is C27H25FN6O. The maximum absolute atomic E-state index is 15.0. The monoisotopic (exact) mass is 468 g/mol. The Morgan fingerprint density at radius 2 is 1.89 bits per heavy atom. The van der Waals surface area contributed by atoms with Crippen LogP contribution in [0.5, 0.6) is 0 Å². The van der Waals surface area contributed by atoms with Gasteiger partial charge in [-0.3, -0.25) is 9.48 Å². The van der Waals surface area contributed by atoms with Crippen molar-refractivity contribution in [3.63, 3.8) is 0 Å². The number of nitrogens with one attached hydrogen (secondary N) is 2. The molecule has 0 fully saturated rings. The number of carbonyl (C=O) groups is 1. The number of rotatable bonds is 6. The van der Waals surface area contributed by atoms with Crippen molar-refractivity contribution in [1.82, 2.24) is 30.0 Å². The normalized spacial score (nSPS) is 11.3. The zero-order chi connectivity index (χ0) is 24.5. The van der Waals surface area contributed by atoms with Gasteiger partial charge < -0.3 is 10.3 Å². The molecule has 8 heteroatoms. The van der Waals surface area contributed by atoms with Crippen LogP contribution < -0.4 is 5.32 Å². The summed E-state index contributed by atoms with van der Waals surface area (Å²) in [5, 5.41) is 7.79. The average Bonchev–Trinajstić information content (AvgIpc) is 3.49. The lowest BCUT2D eigenvalue weighted by Gasteiger charge is -2.10. The number of aromatic amines is 1. The molecule has 0 aliphatic heterocycles. The lowest BCUT2D eigenvalue weighted by Crippen LogP contribution is -2.23. The van der Waals surface area contributed by atoms with Crippen LogP contribution in [0.25, 0.3) is 33.5 Å². The van der Waals surface area contributed by atoms with Crippen molar-refractivity contribution in [2.45, 2.75) is 26.3 Å². The third kappa shape index (κ3) is 4.55. The minimum Gasteiger partial charge on any atom is -0.348 e. The minimum atomic E-state index is -0.410. The lowest BCUT2D eigenvalue weighted by molar-refractivity contribution is 0.0950. The number of aromatic nitrogens is 5. The quantitative estimate of drug-likeness (QED) is 0.358. The third-order valence-corrected chi connectivity index (χ3v) is 6.05. The first-order chi connectivity index (χ1) is 16.9. The molecule has 7 nitrogen and oxygen atoms in total. The first-order valence-corrected chi connectivity index (χ1v) is 11.4. The van der Waals surface area contributed by atoms with E-state index >= 15 is 0 Å². The molecule has 1 amide bonds. The van der Waals surface area contributed by atoms with Crippen LogP contribution in [-0.2, 0) is 13.6 Å². The summed E-state index contributed by atoms with van der Waals surface area (Å²) in [5.41, 5.74) is 5.81. The number of amides is 1. The topological polar surface area (TPSA) is 88.5 Å². The van der Waals surface area contributed by atoms with Gasteiger partial charge in [0.2, 0.25) is 0 Å². The van der Waals surface area contributed by atoms with E-state index in [0.717, 1.165) is 22.2 Å². The molecule has 0 bridgehead atoms. The van der Waals surface area contributed by atoms with E-state index < -0.39 is 5.82 Å². The molecule has 0 spiro atoms. The second kappa shape index (κ2) is 9.13. The molecule has 5 rings (SSSR count). The highest BCUT2D eigenvalue weighted by molar-refractivity contribution is 5.95. The lowest BCUT2D eigenvalue weighted by atomic mass is 10.0. The molecule has 5 aromatic rings. The molecule has 2 aromatic carbocycles. The Balaban J connectivity index is 1.35.